The molecule has 0 bridgehead atoms. The molecule has 0 aliphatic rings. The van der Waals surface area contributed by atoms with Gasteiger partial charge < -0.3 is 0 Å². The first-order valence-corrected chi connectivity index (χ1v) is 5.92. The molecule has 1 atom stereocenters. The number of benzene rings is 1. The van der Waals surface area contributed by atoms with Crippen LogP contribution in [0, 0.1) is 17.2 Å². The summed E-state index contributed by atoms with van der Waals surface area (Å²) in [7, 11) is 0. The zero-order valence-electron chi connectivity index (χ0n) is 8.44. The Hall–Kier alpha value is -0.940. The van der Waals surface area contributed by atoms with Crippen LogP contribution in [0.5, 0.6) is 0 Å². The lowest BCUT2D eigenvalue weighted by molar-refractivity contribution is 0.655. The molecule has 1 aromatic rings. The van der Waals surface area contributed by atoms with Gasteiger partial charge in [-0.1, -0.05) is 31.5 Å². The zero-order chi connectivity index (χ0) is 10.2. The van der Waals surface area contributed by atoms with Crippen molar-refractivity contribution in [3.8, 4) is 6.07 Å². The van der Waals surface area contributed by atoms with Gasteiger partial charge in [0, 0.05) is 10.6 Å². The summed E-state index contributed by atoms with van der Waals surface area (Å²) in [6.45, 7) is 2.12. The first-order chi connectivity index (χ1) is 6.86. The molecule has 0 radical (unpaired) electrons. The van der Waals surface area contributed by atoms with Crippen molar-refractivity contribution in [2.24, 2.45) is 5.92 Å². The average molecular weight is 205 g/mol. The minimum atomic E-state index is 0.199. The summed E-state index contributed by atoms with van der Waals surface area (Å²) in [6.07, 6.45) is 2.10. The van der Waals surface area contributed by atoms with Crippen LogP contribution in [-0.4, -0.2) is 5.75 Å². The van der Waals surface area contributed by atoms with E-state index in [1.165, 1.54) is 4.90 Å². The van der Waals surface area contributed by atoms with E-state index in [4.69, 9.17) is 5.26 Å². The monoisotopic (exact) mass is 205 g/mol. The summed E-state index contributed by atoms with van der Waals surface area (Å²) >= 11 is 1.77. The van der Waals surface area contributed by atoms with Gasteiger partial charge in [0.25, 0.3) is 0 Å². The van der Waals surface area contributed by atoms with Crippen LogP contribution in [0.4, 0.5) is 0 Å². The molecular formula is C12H15NS. The van der Waals surface area contributed by atoms with E-state index < -0.39 is 0 Å². The van der Waals surface area contributed by atoms with Gasteiger partial charge >= 0.3 is 0 Å². The second kappa shape index (κ2) is 6.50. The molecule has 0 aliphatic heterocycles. The predicted molar refractivity (Wildman–Crippen MR) is 61.2 cm³/mol. The molecular weight excluding hydrogens is 190 g/mol. The Labute approximate surface area is 90.1 Å². The maximum Gasteiger partial charge on any atom is 0.0664 e. The number of rotatable bonds is 5. The van der Waals surface area contributed by atoms with Crippen LogP contribution in [0.3, 0.4) is 0 Å². The molecule has 0 saturated heterocycles. The molecule has 0 N–H and O–H groups in total. The van der Waals surface area contributed by atoms with Crippen molar-refractivity contribution in [1.82, 2.24) is 0 Å². The molecule has 1 unspecified atom stereocenters. The van der Waals surface area contributed by atoms with E-state index in [2.05, 4.69) is 25.1 Å². The third-order valence-corrected chi connectivity index (χ3v) is 3.19. The van der Waals surface area contributed by atoms with Gasteiger partial charge in [0.2, 0.25) is 0 Å². The van der Waals surface area contributed by atoms with Crippen molar-refractivity contribution in [3.63, 3.8) is 0 Å². The number of nitrogens with zero attached hydrogens (tertiary/aromatic N) is 1. The molecule has 74 valence electrons. The van der Waals surface area contributed by atoms with Gasteiger partial charge in [-0.15, -0.1) is 11.8 Å². The van der Waals surface area contributed by atoms with Crippen molar-refractivity contribution in [2.45, 2.75) is 24.7 Å². The van der Waals surface area contributed by atoms with Crippen molar-refractivity contribution >= 4 is 11.8 Å². The fourth-order valence-corrected chi connectivity index (χ4v) is 2.23. The first kappa shape index (κ1) is 11.1. The highest BCUT2D eigenvalue weighted by Crippen LogP contribution is 2.21. The van der Waals surface area contributed by atoms with E-state index in [1.54, 1.807) is 11.8 Å². The first-order valence-electron chi connectivity index (χ1n) is 4.94. The lowest BCUT2D eigenvalue weighted by atomic mass is 10.1. The number of thioether (sulfide) groups is 1. The van der Waals surface area contributed by atoms with E-state index in [9.17, 15) is 0 Å². The summed E-state index contributed by atoms with van der Waals surface area (Å²) in [4.78, 5) is 1.25. The summed E-state index contributed by atoms with van der Waals surface area (Å²) < 4.78 is 0. The third kappa shape index (κ3) is 3.85. The van der Waals surface area contributed by atoms with Gasteiger partial charge in [-0.05, 0) is 18.6 Å². The molecule has 0 saturated carbocycles. The summed E-state index contributed by atoms with van der Waals surface area (Å²) in [5, 5.41) is 8.87. The SMILES string of the molecule is CCCC(C#N)CSc1ccccc1. The lowest BCUT2D eigenvalue weighted by Gasteiger charge is -2.06. The smallest absolute Gasteiger partial charge is 0.0664 e. The van der Waals surface area contributed by atoms with E-state index in [0.29, 0.717) is 0 Å². The van der Waals surface area contributed by atoms with Crippen LogP contribution in [-0.2, 0) is 0 Å². The third-order valence-electron chi connectivity index (χ3n) is 2.01. The fourth-order valence-electron chi connectivity index (χ4n) is 1.25. The average Bonchev–Trinajstić information content (AvgIpc) is 2.25. The van der Waals surface area contributed by atoms with Gasteiger partial charge in [0.05, 0.1) is 12.0 Å². The lowest BCUT2D eigenvalue weighted by Crippen LogP contribution is -1.99. The van der Waals surface area contributed by atoms with Crippen molar-refractivity contribution < 1.29 is 0 Å². The molecule has 0 heterocycles. The normalized spacial score (nSPS) is 12.0. The summed E-state index contributed by atoms with van der Waals surface area (Å²) in [5.41, 5.74) is 0. The molecule has 0 aliphatic carbocycles. The topological polar surface area (TPSA) is 23.8 Å². The number of nitriles is 1. The number of hydrogen-bond acceptors (Lipinski definition) is 2. The molecule has 0 spiro atoms. The van der Waals surface area contributed by atoms with Crippen molar-refractivity contribution in [3.05, 3.63) is 30.3 Å². The Balaban J connectivity index is 2.37. The van der Waals surface area contributed by atoms with Gasteiger partial charge in [-0.2, -0.15) is 5.26 Å². The predicted octanol–water partition coefficient (Wildman–Crippen LogP) is 3.72. The van der Waals surface area contributed by atoms with E-state index in [0.717, 1.165) is 18.6 Å². The Morgan fingerprint density at radius 3 is 2.64 bits per heavy atom. The minimum absolute atomic E-state index is 0.199. The second-order valence-electron chi connectivity index (χ2n) is 3.24. The molecule has 14 heavy (non-hydrogen) atoms. The maximum atomic E-state index is 8.87. The van der Waals surface area contributed by atoms with Crippen LogP contribution >= 0.6 is 11.8 Å². The molecule has 0 fully saturated rings. The standard InChI is InChI=1S/C12H15NS/c1-2-6-11(9-13)10-14-12-7-4-3-5-8-12/h3-5,7-8,11H,2,6,10H2,1H3. The van der Waals surface area contributed by atoms with Gasteiger partial charge in [0.1, 0.15) is 0 Å². The maximum absolute atomic E-state index is 8.87. The Kier molecular flexibility index (Phi) is 5.17. The largest absolute Gasteiger partial charge is 0.198 e. The highest BCUT2D eigenvalue weighted by Gasteiger charge is 2.06. The highest BCUT2D eigenvalue weighted by atomic mass is 32.2. The number of hydrogen-bond donors (Lipinski definition) is 0. The van der Waals surface area contributed by atoms with E-state index >= 15 is 0 Å². The van der Waals surface area contributed by atoms with Crippen LogP contribution in [0.2, 0.25) is 0 Å². The fraction of sp³-hybridized carbons (Fsp3) is 0.417. The molecule has 0 aromatic heterocycles. The molecule has 1 rings (SSSR count). The second-order valence-corrected chi connectivity index (χ2v) is 4.33. The van der Waals surface area contributed by atoms with Crippen LogP contribution in [0.25, 0.3) is 0 Å². The Bertz CT molecular complexity index is 289. The highest BCUT2D eigenvalue weighted by molar-refractivity contribution is 7.99. The molecule has 0 amide bonds. The van der Waals surface area contributed by atoms with E-state index in [-0.39, 0.29) is 5.92 Å². The minimum Gasteiger partial charge on any atom is -0.198 e. The van der Waals surface area contributed by atoms with Crippen LogP contribution in [0.15, 0.2) is 35.2 Å². The van der Waals surface area contributed by atoms with Gasteiger partial charge in [0.15, 0.2) is 0 Å². The molecule has 1 nitrogen and oxygen atoms in total. The molecule has 1 aromatic carbocycles. The Morgan fingerprint density at radius 2 is 2.07 bits per heavy atom. The van der Waals surface area contributed by atoms with Crippen molar-refractivity contribution in [2.75, 3.05) is 5.75 Å². The van der Waals surface area contributed by atoms with Crippen LogP contribution in [0.1, 0.15) is 19.8 Å². The van der Waals surface area contributed by atoms with Gasteiger partial charge in [-0.25, -0.2) is 0 Å². The summed E-state index contributed by atoms with van der Waals surface area (Å²) in [5.74, 6) is 1.11. The zero-order valence-corrected chi connectivity index (χ0v) is 9.26. The summed E-state index contributed by atoms with van der Waals surface area (Å²) in [6, 6.07) is 12.6. The molecule has 2 heteroatoms. The van der Waals surface area contributed by atoms with Gasteiger partial charge in [-0.3, -0.25) is 0 Å². The Morgan fingerprint density at radius 1 is 1.36 bits per heavy atom. The van der Waals surface area contributed by atoms with E-state index in [1.807, 2.05) is 18.2 Å². The van der Waals surface area contributed by atoms with Crippen molar-refractivity contribution in [1.29, 1.82) is 5.26 Å². The quantitative estimate of drug-likeness (QED) is 0.684. The van der Waals surface area contributed by atoms with Crippen LogP contribution < -0.4 is 0 Å².